The van der Waals surface area contributed by atoms with Crippen molar-refractivity contribution in [2.24, 2.45) is 5.92 Å². The Hall–Kier alpha value is -3.58. The van der Waals surface area contributed by atoms with Crippen molar-refractivity contribution in [2.75, 3.05) is 11.9 Å². The van der Waals surface area contributed by atoms with E-state index < -0.39 is 65.5 Å². The lowest BCUT2D eigenvalue weighted by Crippen LogP contribution is -2.52. The van der Waals surface area contributed by atoms with E-state index in [4.69, 9.17) is 0 Å². The molecule has 14 heteroatoms. The molecule has 1 fully saturated rings. The molecule has 0 bridgehead atoms. The quantitative estimate of drug-likeness (QED) is 0.327. The lowest BCUT2D eigenvalue weighted by atomic mass is 9.94. The molecule has 2 aromatic rings. The van der Waals surface area contributed by atoms with Crippen LogP contribution in [0.4, 0.5) is 27.6 Å². The summed E-state index contributed by atoms with van der Waals surface area (Å²) in [6.07, 6.45) is -2.32. The summed E-state index contributed by atoms with van der Waals surface area (Å²) in [5, 5.41) is 14.0. The Balaban J connectivity index is 1.68. The topological polar surface area (TPSA) is 120 Å². The molecular formula is C20H21F5N6O3. The fourth-order valence-electron chi connectivity index (χ4n) is 3.87. The van der Waals surface area contributed by atoms with Gasteiger partial charge in [-0.3, -0.25) is 19.5 Å². The Morgan fingerprint density at radius 2 is 1.88 bits per heavy atom. The first-order valence-electron chi connectivity index (χ1n) is 10.2. The van der Waals surface area contributed by atoms with Crippen LogP contribution in [0.2, 0.25) is 0 Å². The molecule has 1 aromatic carbocycles. The second-order valence-electron chi connectivity index (χ2n) is 8.12. The van der Waals surface area contributed by atoms with Crippen LogP contribution >= 0.6 is 0 Å². The van der Waals surface area contributed by atoms with Gasteiger partial charge in [0, 0.05) is 43.0 Å². The first-order valence-corrected chi connectivity index (χ1v) is 10.2. The number of aromatic amines is 1. The number of hydrogen-bond acceptors (Lipinski definition) is 5. The van der Waals surface area contributed by atoms with Crippen LogP contribution in [0.5, 0.6) is 0 Å². The van der Waals surface area contributed by atoms with E-state index in [0.717, 1.165) is 4.90 Å². The van der Waals surface area contributed by atoms with Crippen molar-refractivity contribution in [3.05, 3.63) is 41.5 Å². The van der Waals surface area contributed by atoms with E-state index in [1.54, 1.807) is 0 Å². The standard InChI is InChI=1S/C20H21F5N6O3/c1-9-11(17(32)27-10-5-12(21)16(25)13(22)6-10)3-4-31(9)19(34)18(33)28-20(2,7-15(23)24)14-8-26-30-29-14/h5-6,8-9,11,15H,3-4,7H2,1-2H3,(H,27,32)(H,28,33)(H,26,29,30)/t9-,11-,20-/m0/s1. The number of carbonyl (C=O) groups excluding carboxylic acids is 3. The number of rotatable bonds is 6. The minimum absolute atomic E-state index is 0.000521. The number of anilines is 1. The van der Waals surface area contributed by atoms with E-state index in [1.807, 2.05) is 0 Å². The third kappa shape index (κ3) is 5.15. The van der Waals surface area contributed by atoms with Gasteiger partial charge in [0.25, 0.3) is 0 Å². The van der Waals surface area contributed by atoms with Crippen molar-refractivity contribution < 1.29 is 36.3 Å². The highest BCUT2D eigenvalue weighted by atomic mass is 19.3. The number of nitrogens with one attached hydrogen (secondary N) is 3. The number of nitrogens with zero attached hydrogens (tertiary/aromatic N) is 3. The van der Waals surface area contributed by atoms with Crippen molar-refractivity contribution in [2.45, 2.75) is 44.7 Å². The van der Waals surface area contributed by atoms with E-state index in [-0.39, 0.29) is 24.3 Å². The molecule has 3 atom stereocenters. The van der Waals surface area contributed by atoms with Gasteiger partial charge in [-0.25, -0.2) is 22.0 Å². The molecule has 184 valence electrons. The van der Waals surface area contributed by atoms with Crippen LogP contribution in [0.25, 0.3) is 0 Å². The molecule has 0 saturated carbocycles. The van der Waals surface area contributed by atoms with Crippen LogP contribution in [0.15, 0.2) is 18.3 Å². The summed E-state index contributed by atoms with van der Waals surface area (Å²) in [5.74, 6) is -8.43. The smallest absolute Gasteiger partial charge is 0.312 e. The second-order valence-corrected chi connectivity index (χ2v) is 8.12. The van der Waals surface area contributed by atoms with Gasteiger partial charge in [-0.1, -0.05) is 5.21 Å². The molecule has 0 radical (unpaired) electrons. The zero-order chi connectivity index (χ0) is 25.2. The van der Waals surface area contributed by atoms with E-state index >= 15 is 0 Å². The summed E-state index contributed by atoms with van der Waals surface area (Å²) in [6.45, 7) is 2.75. The summed E-state index contributed by atoms with van der Waals surface area (Å²) < 4.78 is 66.1. The molecule has 0 aliphatic carbocycles. The predicted molar refractivity (Wildman–Crippen MR) is 107 cm³/mol. The van der Waals surface area contributed by atoms with Crippen LogP contribution in [0.3, 0.4) is 0 Å². The lowest BCUT2D eigenvalue weighted by Gasteiger charge is -2.30. The number of aromatic nitrogens is 3. The monoisotopic (exact) mass is 488 g/mol. The molecule has 9 nitrogen and oxygen atoms in total. The van der Waals surface area contributed by atoms with Gasteiger partial charge in [0.2, 0.25) is 12.3 Å². The number of hydrogen-bond donors (Lipinski definition) is 3. The van der Waals surface area contributed by atoms with Crippen LogP contribution in [0.1, 0.15) is 32.4 Å². The highest BCUT2D eigenvalue weighted by molar-refractivity contribution is 6.35. The van der Waals surface area contributed by atoms with Crippen molar-refractivity contribution in [1.29, 1.82) is 0 Å². The van der Waals surface area contributed by atoms with Crippen molar-refractivity contribution in [3.63, 3.8) is 0 Å². The van der Waals surface area contributed by atoms with E-state index in [1.165, 1.54) is 20.0 Å². The maximum atomic E-state index is 13.4. The lowest BCUT2D eigenvalue weighted by molar-refractivity contribution is -0.148. The van der Waals surface area contributed by atoms with Gasteiger partial charge in [0.05, 0.1) is 11.5 Å². The Morgan fingerprint density at radius 3 is 2.44 bits per heavy atom. The maximum Gasteiger partial charge on any atom is 0.312 e. The highest BCUT2D eigenvalue weighted by Gasteiger charge is 2.42. The summed E-state index contributed by atoms with van der Waals surface area (Å²) in [5.41, 5.74) is -2.00. The summed E-state index contributed by atoms with van der Waals surface area (Å²) in [6, 6.07) is 0.418. The Bertz CT molecular complexity index is 1060. The summed E-state index contributed by atoms with van der Waals surface area (Å²) >= 11 is 0. The Labute approximate surface area is 190 Å². The van der Waals surface area contributed by atoms with Crippen molar-refractivity contribution in [1.82, 2.24) is 25.6 Å². The van der Waals surface area contributed by atoms with Gasteiger partial charge < -0.3 is 15.5 Å². The zero-order valence-corrected chi connectivity index (χ0v) is 18.0. The van der Waals surface area contributed by atoms with Crippen LogP contribution < -0.4 is 10.6 Å². The highest BCUT2D eigenvalue weighted by Crippen LogP contribution is 2.28. The first-order chi connectivity index (χ1) is 15.9. The minimum atomic E-state index is -2.82. The Kier molecular flexibility index (Phi) is 7.17. The maximum absolute atomic E-state index is 13.4. The number of amides is 3. The van der Waals surface area contributed by atoms with E-state index in [0.29, 0.717) is 12.1 Å². The van der Waals surface area contributed by atoms with Crippen molar-refractivity contribution >= 4 is 23.4 Å². The molecule has 0 spiro atoms. The van der Waals surface area contributed by atoms with Gasteiger partial charge in [0.1, 0.15) is 5.69 Å². The van der Waals surface area contributed by atoms with Crippen LogP contribution in [-0.4, -0.2) is 57.0 Å². The van der Waals surface area contributed by atoms with Gasteiger partial charge >= 0.3 is 11.8 Å². The van der Waals surface area contributed by atoms with Gasteiger partial charge in [-0.2, -0.15) is 0 Å². The molecule has 1 saturated heterocycles. The molecule has 1 aliphatic heterocycles. The average molecular weight is 488 g/mol. The molecular weight excluding hydrogens is 467 g/mol. The zero-order valence-electron chi connectivity index (χ0n) is 18.0. The van der Waals surface area contributed by atoms with Crippen LogP contribution in [0, 0.1) is 23.4 Å². The number of likely N-dealkylation sites (tertiary alicyclic amines) is 1. The van der Waals surface area contributed by atoms with Gasteiger partial charge in [0.15, 0.2) is 17.5 Å². The molecule has 0 unspecified atom stereocenters. The minimum Gasteiger partial charge on any atom is -0.337 e. The normalized spacial score (nSPS) is 19.7. The molecule has 1 aliphatic rings. The van der Waals surface area contributed by atoms with Crippen molar-refractivity contribution in [3.8, 4) is 0 Å². The fraction of sp³-hybridized carbons (Fsp3) is 0.450. The fourth-order valence-corrected chi connectivity index (χ4v) is 3.87. The number of carbonyl (C=O) groups is 3. The summed E-state index contributed by atoms with van der Waals surface area (Å²) in [4.78, 5) is 39.0. The SMILES string of the molecule is C[C@H]1[C@@H](C(=O)Nc2cc(F)c(F)c(F)c2)CCN1C(=O)C(=O)N[C@@](C)(CC(F)F)c1c[nH]nn1. The van der Waals surface area contributed by atoms with Crippen LogP contribution in [-0.2, 0) is 19.9 Å². The number of alkyl halides is 2. The Morgan fingerprint density at radius 1 is 1.24 bits per heavy atom. The van der Waals surface area contributed by atoms with Gasteiger partial charge in [-0.15, -0.1) is 5.10 Å². The predicted octanol–water partition coefficient (Wildman–Crippen LogP) is 2.08. The van der Waals surface area contributed by atoms with E-state index in [9.17, 15) is 36.3 Å². The second kappa shape index (κ2) is 9.73. The summed E-state index contributed by atoms with van der Waals surface area (Å²) in [7, 11) is 0. The number of benzene rings is 1. The number of H-pyrrole nitrogens is 1. The van der Waals surface area contributed by atoms with Gasteiger partial charge in [-0.05, 0) is 20.3 Å². The molecule has 2 heterocycles. The van der Waals surface area contributed by atoms with E-state index in [2.05, 4.69) is 26.0 Å². The molecule has 1 aromatic heterocycles. The first kappa shape index (κ1) is 25.1. The molecule has 3 rings (SSSR count). The molecule has 3 amide bonds. The largest absolute Gasteiger partial charge is 0.337 e. The molecule has 3 N–H and O–H groups in total. The number of halogens is 5. The third-order valence-corrected chi connectivity index (χ3v) is 5.73. The third-order valence-electron chi connectivity index (χ3n) is 5.73. The average Bonchev–Trinajstić information content (AvgIpc) is 3.41. The molecule has 34 heavy (non-hydrogen) atoms.